The third kappa shape index (κ3) is 35.7. The van der Waals surface area contributed by atoms with E-state index in [0.29, 0.717) is 6.42 Å². The summed E-state index contributed by atoms with van der Waals surface area (Å²) >= 11 is 0. The number of carbonyl (C=O) groups excluding carboxylic acids is 1. The zero-order chi connectivity index (χ0) is 34.3. The van der Waals surface area contributed by atoms with Crippen LogP contribution < -0.4 is 5.32 Å². The maximum atomic E-state index is 12.3. The molecule has 0 aliphatic carbocycles. The van der Waals surface area contributed by atoms with Gasteiger partial charge >= 0.3 is 0 Å². The third-order valence-corrected chi connectivity index (χ3v) is 9.35. The van der Waals surface area contributed by atoms with Gasteiger partial charge in [0.15, 0.2) is 0 Å². The van der Waals surface area contributed by atoms with E-state index >= 15 is 0 Å². The zero-order valence-corrected chi connectivity index (χ0v) is 31.5. The first-order chi connectivity index (χ1) is 23.2. The molecule has 4 nitrogen and oxygen atoms in total. The molecule has 1 amide bonds. The number of hydrogen-bond donors (Lipinski definition) is 3. The Bertz CT molecular complexity index is 716. The van der Waals surface area contributed by atoms with Crippen LogP contribution in [-0.4, -0.2) is 34.9 Å². The molecule has 47 heavy (non-hydrogen) atoms. The van der Waals surface area contributed by atoms with Crippen molar-refractivity contribution in [3.05, 3.63) is 36.5 Å². The summed E-state index contributed by atoms with van der Waals surface area (Å²) in [5, 5.41) is 22.7. The Kier molecular flexibility index (Phi) is 37.9. The molecule has 0 heterocycles. The smallest absolute Gasteiger partial charge is 0.220 e. The van der Waals surface area contributed by atoms with Crippen LogP contribution in [0.4, 0.5) is 0 Å². The second kappa shape index (κ2) is 39.1. The molecular formula is C43H81NO3. The van der Waals surface area contributed by atoms with Crippen molar-refractivity contribution in [1.82, 2.24) is 5.32 Å². The highest BCUT2D eigenvalue weighted by Crippen LogP contribution is 2.15. The van der Waals surface area contributed by atoms with Gasteiger partial charge in [-0.25, -0.2) is 0 Å². The Hall–Kier alpha value is -1.39. The van der Waals surface area contributed by atoms with Crippen LogP contribution in [0.3, 0.4) is 0 Å². The average Bonchev–Trinajstić information content (AvgIpc) is 3.07. The van der Waals surface area contributed by atoms with Crippen molar-refractivity contribution < 1.29 is 15.0 Å². The van der Waals surface area contributed by atoms with Crippen LogP contribution >= 0.6 is 0 Å². The molecule has 0 aliphatic rings. The van der Waals surface area contributed by atoms with Crippen LogP contribution in [0.5, 0.6) is 0 Å². The monoisotopic (exact) mass is 660 g/mol. The predicted molar refractivity (Wildman–Crippen MR) is 207 cm³/mol. The van der Waals surface area contributed by atoms with E-state index < -0.39 is 12.1 Å². The summed E-state index contributed by atoms with van der Waals surface area (Å²) in [6, 6.07) is -0.634. The standard InChI is InChI=1S/C43H81NO3/c1-3-5-7-9-11-13-14-15-16-17-18-19-20-21-22-23-24-25-26-27-28-29-30-31-33-35-37-39-43(47)44-41(40-45)42(46)38-36-34-32-12-10-8-6-4-2/h10,12,17-18,36,38,41-42,45-46H,3-9,11,13-16,19-35,37,39-40H2,1-2H3,(H,44,47)/b12-10+,18-17-,38-36+. The van der Waals surface area contributed by atoms with Gasteiger partial charge in [0.25, 0.3) is 0 Å². The van der Waals surface area contributed by atoms with Crippen molar-refractivity contribution >= 4 is 5.91 Å². The molecular weight excluding hydrogens is 578 g/mol. The largest absolute Gasteiger partial charge is 0.394 e. The first-order valence-electron chi connectivity index (χ1n) is 20.7. The van der Waals surface area contributed by atoms with Crippen molar-refractivity contribution in [3.63, 3.8) is 0 Å². The maximum Gasteiger partial charge on any atom is 0.220 e. The lowest BCUT2D eigenvalue weighted by atomic mass is 10.0. The number of aliphatic hydroxyl groups is 2. The van der Waals surface area contributed by atoms with E-state index in [9.17, 15) is 15.0 Å². The van der Waals surface area contributed by atoms with Gasteiger partial charge < -0.3 is 15.5 Å². The van der Waals surface area contributed by atoms with Crippen LogP contribution in [0.15, 0.2) is 36.5 Å². The van der Waals surface area contributed by atoms with Gasteiger partial charge in [0.2, 0.25) is 5.91 Å². The van der Waals surface area contributed by atoms with Gasteiger partial charge in [-0.2, -0.15) is 0 Å². The maximum absolute atomic E-state index is 12.3. The number of amides is 1. The van der Waals surface area contributed by atoms with E-state index in [2.05, 4.69) is 43.5 Å². The zero-order valence-electron chi connectivity index (χ0n) is 31.5. The second-order valence-corrected chi connectivity index (χ2v) is 14.0. The number of hydrogen-bond acceptors (Lipinski definition) is 3. The van der Waals surface area contributed by atoms with Crippen molar-refractivity contribution in [2.45, 2.75) is 225 Å². The summed E-state index contributed by atoms with van der Waals surface area (Å²) in [5.74, 6) is -0.0768. The molecule has 0 rings (SSSR count). The molecule has 0 aliphatic heterocycles. The molecule has 0 aromatic rings. The first kappa shape index (κ1) is 45.6. The van der Waals surface area contributed by atoms with Gasteiger partial charge in [-0.1, -0.05) is 192 Å². The summed E-state index contributed by atoms with van der Waals surface area (Å²) in [7, 11) is 0. The molecule has 4 heteroatoms. The van der Waals surface area contributed by atoms with Gasteiger partial charge in [0, 0.05) is 6.42 Å². The molecule has 0 saturated carbocycles. The number of unbranched alkanes of at least 4 members (excludes halogenated alkanes) is 26. The molecule has 0 fully saturated rings. The fourth-order valence-electron chi connectivity index (χ4n) is 6.12. The fourth-order valence-corrected chi connectivity index (χ4v) is 6.12. The Labute approximate surface area is 293 Å². The molecule has 0 aromatic heterocycles. The number of nitrogens with one attached hydrogen (secondary N) is 1. The molecule has 0 saturated heterocycles. The number of aliphatic hydroxyl groups excluding tert-OH is 2. The lowest BCUT2D eigenvalue weighted by Crippen LogP contribution is -2.45. The molecule has 3 N–H and O–H groups in total. The normalized spacial score (nSPS) is 13.4. The highest BCUT2D eigenvalue weighted by atomic mass is 16.3. The van der Waals surface area contributed by atoms with Gasteiger partial charge in [-0.3, -0.25) is 4.79 Å². The number of carbonyl (C=O) groups is 1. The van der Waals surface area contributed by atoms with E-state index in [1.165, 1.54) is 161 Å². The minimum Gasteiger partial charge on any atom is -0.394 e. The van der Waals surface area contributed by atoms with E-state index in [1.54, 1.807) is 6.08 Å². The molecule has 0 spiro atoms. The van der Waals surface area contributed by atoms with E-state index in [0.717, 1.165) is 32.1 Å². The highest BCUT2D eigenvalue weighted by Gasteiger charge is 2.17. The summed E-state index contributed by atoms with van der Waals surface area (Å²) in [6.07, 6.45) is 51.3. The lowest BCUT2D eigenvalue weighted by molar-refractivity contribution is -0.123. The van der Waals surface area contributed by atoms with Crippen LogP contribution in [-0.2, 0) is 4.79 Å². The summed E-state index contributed by atoms with van der Waals surface area (Å²) in [5.41, 5.74) is 0. The number of rotatable bonds is 37. The van der Waals surface area contributed by atoms with Gasteiger partial charge in [-0.15, -0.1) is 0 Å². The van der Waals surface area contributed by atoms with Gasteiger partial charge in [-0.05, 0) is 51.4 Å². The molecule has 0 radical (unpaired) electrons. The van der Waals surface area contributed by atoms with Gasteiger partial charge in [0.1, 0.15) is 0 Å². The summed E-state index contributed by atoms with van der Waals surface area (Å²) < 4.78 is 0. The van der Waals surface area contributed by atoms with Crippen molar-refractivity contribution in [2.75, 3.05) is 6.61 Å². The van der Waals surface area contributed by atoms with E-state index in [1.807, 2.05) is 6.08 Å². The summed E-state index contributed by atoms with van der Waals surface area (Å²) in [4.78, 5) is 12.3. The Balaban J connectivity index is 3.45. The minimum atomic E-state index is -0.857. The third-order valence-electron chi connectivity index (χ3n) is 9.35. The molecule has 2 atom stereocenters. The fraction of sp³-hybridized carbons (Fsp3) is 0.837. The van der Waals surface area contributed by atoms with Crippen molar-refractivity contribution in [3.8, 4) is 0 Å². The topological polar surface area (TPSA) is 69.6 Å². The van der Waals surface area contributed by atoms with Crippen LogP contribution in [0, 0.1) is 0 Å². The Morgan fingerprint density at radius 3 is 1.30 bits per heavy atom. The second-order valence-electron chi connectivity index (χ2n) is 14.0. The van der Waals surface area contributed by atoms with Crippen LogP contribution in [0.2, 0.25) is 0 Å². The average molecular weight is 660 g/mol. The molecule has 0 aromatic carbocycles. The highest BCUT2D eigenvalue weighted by molar-refractivity contribution is 5.76. The number of allylic oxidation sites excluding steroid dienone is 5. The molecule has 0 bridgehead atoms. The quantitative estimate of drug-likeness (QED) is 0.0459. The summed E-state index contributed by atoms with van der Waals surface area (Å²) in [6.45, 7) is 4.22. The van der Waals surface area contributed by atoms with Crippen molar-refractivity contribution in [2.24, 2.45) is 0 Å². The van der Waals surface area contributed by atoms with Gasteiger partial charge in [0.05, 0.1) is 18.8 Å². The van der Waals surface area contributed by atoms with Crippen molar-refractivity contribution in [1.29, 1.82) is 0 Å². The van der Waals surface area contributed by atoms with Crippen LogP contribution in [0.25, 0.3) is 0 Å². The van der Waals surface area contributed by atoms with E-state index in [4.69, 9.17) is 0 Å². The van der Waals surface area contributed by atoms with E-state index in [-0.39, 0.29) is 12.5 Å². The van der Waals surface area contributed by atoms with Crippen LogP contribution in [0.1, 0.15) is 213 Å². The molecule has 2 unspecified atom stereocenters. The molecule has 276 valence electrons. The predicted octanol–water partition coefficient (Wildman–Crippen LogP) is 12.6. The Morgan fingerprint density at radius 1 is 0.489 bits per heavy atom. The SMILES string of the molecule is CCCC/C=C/CC/C=C/C(O)C(CO)NC(=O)CCCCCCCCCCCCCCCCC/C=C\CCCCCCCCCC. The lowest BCUT2D eigenvalue weighted by Gasteiger charge is -2.19. The minimum absolute atomic E-state index is 0.0768. The first-order valence-corrected chi connectivity index (χ1v) is 20.7. The Morgan fingerprint density at radius 2 is 0.851 bits per heavy atom.